The summed E-state index contributed by atoms with van der Waals surface area (Å²) in [4.78, 5) is 27.9. The molecule has 2 N–H and O–H groups in total. The van der Waals surface area contributed by atoms with Gasteiger partial charge in [-0.1, -0.05) is 12.1 Å². The number of carboxylic acid groups (broad SMARTS) is 1. The first-order valence-electron chi connectivity index (χ1n) is 8.41. The van der Waals surface area contributed by atoms with E-state index in [9.17, 15) is 9.59 Å². The van der Waals surface area contributed by atoms with E-state index < -0.39 is 15.7 Å². The van der Waals surface area contributed by atoms with Crippen molar-refractivity contribution in [2.75, 3.05) is 6.61 Å². The molecule has 1 heterocycles. The predicted molar refractivity (Wildman–Crippen MR) is 100 cm³/mol. The molecule has 1 amide bonds. The molecule has 1 fully saturated rings. The summed E-state index contributed by atoms with van der Waals surface area (Å²) in [6, 6.07) is 7.11. The van der Waals surface area contributed by atoms with Crippen LogP contribution in [0.1, 0.15) is 24.7 Å². The van der Waals surface area contributed by atoms with Crippen molar-refractivity contribution in [2.24, 2.45) is 0 Å². The Balaban J connectivity index is 1.75. The number of ether oxygens (including phenoxy) is 1. The van der Waals surface area contributed by atoms with E-state index in [1.807, 2.05) is 6.92 Å². The second kappa shape index (κ2) is 7.40. The molecule has 7 nitrogen and oxygen atoms in total. The lowest BCUT2D eigenvalue weighted by atomic mass is 9.94. The van der Waals surface area contributed by atoms with Crippen LogP contribution in [0.4, 0.5) is 0 Å². The fourth-order valence-corrected chi connectivity index (χ4v) is 3.88. The van der Waals surface area contributed by atoms with Gasteiger partial charge in [0.2, 0.25) is 5.91 Å². The Hall–Kier alpha value is -2.25. The molecular weight excluding hydrogens is 393 g/mol. The van der Waals surface area contributed by atoms with Gasteiger partial charge in [0, 0.05) is 18.8 Å². The SMILES string of the molecule is CCOc1ccc(C2(C(=O)NCc3nccn3CC(=O)O)CC2(Cl)Cl)cc1. The molecule has 1 unspecified atom stereocenters. The monoisotopic (exact) mass is 411 g/mol. The fourth-order valence-electron chi connectivity index (χ4n) is 3.09. The van der Waals surface area contributed by atoms with Gasteiger partial charge >= 0.3 is 5.97 Å². The van der Waals surface area contributed by atoms with Crippen LogP contribution in [-0.2, 0) is 28.1 Å². The number of imidazole rings is 1. The van der Waals surface area contributed by atoms with Crippen molar-refractivity contribution in [1.29, 1.82) is 0 Å². The molecule has 2 aromatic rings. The minimum absolute atomic E-state index is 0.0712. The number of halogens is 2. The normalized spacial score (nSPS) is 20.1. The summed E-state index contributed by atoms with van der Waals surface area (Å²) in [5.41, 5.74) is -0.368. The van der Waals surface area contributed by atoms with Crippen LogP contribution in [0, 0.1) is 0 Å². The highest BCUT2D eigenvalue weighted by atomic mass is 35.5. The molecule has 1 aromatic heterocycles. The quantitative estimate of drug-likeness (QED) is 0.650. The number of rotatable bonds is 8. The molecule has 1 aliphatic rings. The molecule has 9 heteroatoms. The molecule has 0 radical (unpaired) electrons. The number of carbonyl (C=O) groups excluding carboxylic acids is 1. The third kappa shape index (κ3) is 3.75. The maximum Gasteiger partial charge on any atom is 0.323 e. The molecule has 0 spiro atoms. The second-order valence-corrected chi connectivity index (χ2v) is 7.78. The van der Waals surface area contributed by atoms with Crippen LogP contribution in [0.3, 0.4) is 0 Å². The average molecular weight is 412 g/mol. The molecule has 1 aromatic carbocycles. The predicted octanol–water partition coefficient (Wildman–Crippen LogP) is 2.50. The smallest absolute Gasteiger partial charge is 0.323 e. The first-order chi connectivity index (χ1) is 12.8. The van der Waals surface area contributed by atoms with Crippen molar-refractivity contribution in [1.82, 2.24) is 14.9 Å². The molecule has 1 aliphatic carbocycles. The minimum atomic E-state index is -1.21. The van der Waals surface area contributed by atoms with Gasteiger partial charge in [-0.25, -0.2) is 4.98 Å². The van der Waals surface area contributed by atoms with Crippen molar-refractivity contribution in [3.63, 3.8) is 0 Å². The highest BCUT2D eigenvalue weighted by Crippen LogP contribution is 2.65. The van der Waals surface area contributed by atoms with Crippen LogP contribution in [-0.4, -0.2) is 37.5 Å². The Morgan fingerprint density at radius 3 is 2.56 bits per heavy atom. The number of aromatic nitrogens is 2. The van der Waals surface area contributed by atoms with Crippen molar-refractivity contribution in [2.45, 2.75) is 36.2 Å². The number of nitrogens with one attached hydrogen (secondary N) is 1. The molecular formula is C18H19Cl2N3O4. The fraction of sp³-hybridized carbons (Fsp3) is 0.389. The van der Waals surface area contributed by atoms with Gasteiger partial charge in [-0.05, 0) is 24.6 Å². The molecule has 1 atom stereocenters. The molecule has 27 heavy (non-hydrogen) atoms. The topological polar surface area (TPSA) is 93.5 Å². The lowest BCUT2D eigenvalue weighted by Crippen LogP contribution is -2.38. The number of nitrogens with zero attached hydrogens (tertiary/aromatic N) is 2. The Kier molecular flexibility index (Phi) is 5.35. The van der Waals surface area contributed by atoms with Crippen LogP contribution < -0.4 is 10.1 Å². The molecule has 1 saturated carbocycles. The summed E-state index contributed by atoms with van der Waals surface area (Å²) >= 11 is 12.7. The number of hydrogen-bond acceptors (Lipinski definition) is 4. The highest BCUT2D eigenvalue weighted by Gasteiger charge is 2.72. The lowest BCUT2D eigenvalue weighted by Gasteiger charge is -2.19. The molecule has 3 rings (SSSR count). The Morgan fingerprint density at radius 2 is 2.00 bits per heavy atom. The number of amides is 1. The van der Waals surface area contributed by atoms with Gasteiger partial charge in [0.05, 0.1) is 13.2 Å². The summed E-state index contributed by atoms with van der Waals surface area (Å²) in [5.74, 6) is -0.193. The van der Waals surface area contributed by atoms with E-state index in [1.165, 1.54) is 10.8 Å². The molecule has 0 aliphatic heterocycles. The minimum Gasteiger partial charge on any atom is -0.494 e. The third-order valence-corrected chi connectivity index (χ3v) is 5.46. The van der Waals surface area contributed by atoms with Gasteiger partial charge in [0.15, 0.2) is 0 Å². The molecule has 144 valence electrons. The van der Waals surface area contributed by atoms with Crippen LogP contribution in [0.25, 0.3) is 0 Å². The zero-order chi connectivity index (χ0) is 19.7. The molecule has 0 saturated heterocycles. The number of hydrogen-bond donors (Lipinski definition) is 2. The van der Waals surface area contributed by atoms with Crippen molar-refractivity contribution >= 4 is 35.1 Å². The van der Waals surface area contributed by atoms with E-state index in [0.717, 1.165) is 0 Å². The summed E-state index contributed by atoms with van der Waals surface area (Å²) in [7, 11) is 0. The zero-order valence-corrected chi connectivity index (χ0v) is 16.1. The van der Waals surface area contributed by atoms with Gasteiger partial charge < -0.3 is 19.7 Å². The van der Waals surface area contributed by atoms with Gasteiger partial charge in [0.25, 0.3) is 0 Å². The third-order valence-electron chi connectivity index (χ3n) is 4.55. The Morgan fingerprint density at radius 1 is 1.33 bits per heavy atom. The van der Waals surface area contributed by atoms with Gasteiger partial charge in [0.1, 0.15) is 27.9 Å². The van der Waals surface area contributed by atoms with Crippen molar-refractivity contribution in [3.05, 3.63) is 48.0 Å². The van der Waals surface area contributed by atoms with E-state index in [4.69, 9.17) is 33.0 Å². The summed E-state index contributed by atoms with van der Waals surface area (Å²) in [6.07, 6.45) is 3.31. The van der Waals surface area contributed by atoms with Crippen LogP contribution in [0.5, 0.6) is 5.75 Å². The number of carboxylic acids is 1. The largest absolute Gasteiger partial charge is 0.494 e. The zero-order valence-electron chi connectivity index (χ0n) is 14.6. The maximum absolute atomic E-state index is 12.9. The number of benzene rings is 1. The Bertz CT molecular complexity index is 851. The number of aliphatic carboxylic acids is 1. The van der Waals surface area contributed by atoms with E-state index >= 15 is 0 Å². The van der Waals surface area contributed by atoms with Crippen LogP contribution in [0.2, 0.25) is 0 Å². The highest BCUT2D eigenvalue weighted by molar-refractivity contribution is 6.54. The first-order valence-corrected chi connectivity index (χ1v) is 9.17. The van der Waals surface area contributed by atoms with Crippen LogP contribution in [0.15, 0.2) is 36.7 Å². The first kappa shape index (κ1) is 19.5. The summed E-state index contributed by atoms with van der Waals surface area (Å²) in [5, 5.41) is 11.7. The number of carbonyl (C=O) groups is 2. The van der Waals surface area contributed by atoms with E-state index in [1.54, 1.807) is 30.5 Å². The molecule has 0 bridgehead atoms. The van der Waals surface area contributed by atoms with E-state index in [-0.39, 0.29) is 25.4 Å². The number of alkyl halides is 2. The van der Waals surface area contributed by atoms with Crippen LogP contribution >= 0.6 is 23.2 Å². The standard InChI is InChI=1S/C18H19Cl2N3O4/c1-2-27-13-5-3-12(4-6-13)17(11-18(17,19)20)16(26)22-9-14-21-7-8-23(14)10-15(24)25/h3-8H,2,9-11H2,1H3,(H,22,26)(H,24,25). The summed E-state index contributed by atoms with van der Waals surface area (Å²) < 4.78 is 5.67. The average Bonchev–Trinajstić information content (AvgIpc) is 2.96. The maximum atomic E-state index is 12.9. The van der Waals surface area contributed by atoms with Crippen molar-refractivity contribution < 1.29 is 19.4 Å². The van der Waals surface area contributed by atoms with E-state index in [0.29, 0.717) is 23.7 Å². The second-order valence-electron chi connectivity index (χ2n) is 6.29. The summed E-state index contributed by atoms with van der Waals surface area (Å²) in [6.45, 7) is 2.27. The van der Waals surface area contributed by atoms with E-state index in [2.05, 4.69) is 10.3 Å². The Labute approximate surface area is 166 Å². The van der Waals surface area contributed by atoms with Gasteiger partial charge in [-0.2, -0.15) is 0 Å². The van der Waals surface area contributed by atoms with Crippen molar-refractivity contribution in [3.8, 4) is 5.75 Å². The lowest BCUT2D eigenvalue weighted by molar-refractivity contribution is -0.137. The van der Waals surface area contributed by atoms with Gasteiger partial charge in [-0.15, -0.1) is 23.2 Å². The van der Waals surface area contributed by atoms with Gasteiger partial charge in [-0.3, -0.25) is 9.59 Å².